The van der Waals surface area contributed by atoms with Gasteiger partial charge in [0.2, 0.25) is 0 Å². The molecule has 0 saturated heterocycles. The number of fused-ring (bicyclic) bond motifs is 1. The Morgan fingerprint density at radius 1 is 1.54 bits per heavy atom. The molecule has 0 spiro atoms. The van der Waals surface area contributed by atoms with Gasteiger partial charge in [-0.1, -0.05) is 0 Å². The second-order valence-electron chi connectivity index (χ2n) is 2.59. The largest absolute Gasteiger partial charge is 0.441 e. The Bertz CT molecular complexity index is 497. The summed E-state index contributed by atoms with van der Waals surface area (Å²) in [6, 6.07) is 5.44. The Morgan fingerprint density at radius 3 is 3.15 bits per heavy atom. The third-order valence-electron chi connectivity index (χ3n) is 1.65. The van der Waals surface area contributed by atoms with Crippen molar-refractivity contribution in [1.29, 1.82) is 0 Å². The van der Waals surface area contributed by atoms with Crippen molar-refractivity contribution in [1.82, 2.24) is 4.98 Å². The minimum absolute atomic E-state index is 0.651. The lowest BCUT2D eigenvalue weighted by Crippen LogP contribution is -1.68. The second kappa shape index (κ2) is 3.09. The van der Waals surface area contributed by atoms with Crippen molar-refractivity contribution in [3.63, 3.8) is 0 Å². The Labute approximate surface area is 80.1 Å². The maximum atomic E-state index is 5.30. The van der Waals surface area contributed by atoms with Crippen molar-refractivity contribution < 1.29 is 4.42 Å². The number of hydrogen-bond acceptors (Lipinski definition) is 4. The van der Waals surface area contributed by atoms with Crippen molar-refractivity contribution in [2.45, 2.75) is 6.92 Å². The standard InChI is InChI=1S/C9H6N2OS/c1-6-11-8-4-7(10-5-13)2-3-9(8)12-6/h2-4H,1H3. The van der Waals surface area contributed by atoms with Gasteiger partial charge < -0.3 is 4.42 Å². The van der Waals surface area contributed by atoms with Crippen LogP contribution in [0.1, 0.15) is 5.89 Å². The van der Waals surface area contributed by atoms with Gasteiger partial charge >= 0.3 is 0 Å². The Kier molecular flexibility index (Phi) is 1.93. The van der Waals surface area contributed by atoms with Gasteiger partial charge in [-0.05, 0) is 30.4 Å². The first-order valence-electron chi connectivity index (χ1n) is 3.74. The topological polar surface area (TPSA) is 38.4 Å². The van der Waals surface area contributed by atoms with Gasteiger partial charge in [-0.15, -0.1) is 0 Å². The third kappa shape index (κ3) is 1.49. The lowest BCUT2D eigenvalue weighted by atomic mass is 10.3. The van der Waals surface area contributed by atoms with Crippen molar-refractivity contribution in [2.75, 3.05) is 0 Å². The molecule has 1 aromatic heterocycles. The van der Waals surface area contributed by atoms with Gasteiger partial charge in [0.15, 0.2) is 11.5 Å². The number of rotatable bonds is 1. The smallest absolute Gasteiger partial charge is 0.192 e. The van der Waals surface area contributed by atoms with Crippen molar-refractivity contribution in [2.24, 2.45) is 4.99 Å². The van der Waals surface area contributed by atoms with Crippen LogP contribution >= 0.6 is 12.2 Å². The van der Waals surface area contributed by atoms with Crippen molar-refractivity contribution in [3.05, 3.63) is 24.1 Å². The Balaban J connectivity index is 2.67. The molecule has 0 radical (unpaired) electrons. The van der Waals surface area contributed by atoms with Crippen LogP contribution in [0.4, 0.5) is 5.69 Å². The van der Waals surface area contributed by atoms with Crippen LogP contribution in [0.25, 0.3) is 11.1 Å². The summed E-state index contributed by atoms with van der Waals surface area (Å²) >= 11 is 4.50. The number of nitrogens with zero attached hydrogens (tertiary/aromatic N) is 2. The minimum atomic E-state index is 0.651. The van der Waals surface area contributed by atoms with Crippen LogP contribution in [0.3, 0.4) is 0 Å². The van der Waals surface area contributed by atoms with E-state index in [0.717, 1.165) is 16.8 Å². The molecule has 2 aromatic rings. The van der Waals surface area contributed by atoms with E-state index in [9.17, 15) is 0 Å². The number of aryl methyl sites for hydroxylation is 1. The highest BCUT2D eigenvalue weighted by atomic mass is 32.1. The van der Waals surface area contributed by atoms with E-state index < -0.39 is 0 Å². The van der Waals surface area contributed by atoms with Gasteiger partial charge in [-0.25, -0.2) is 4.98 Å². The first-order chi connectivity index (χ1) is 6.29. The molecule has 1 aromatic carbocycles. The maximum Gasteiger partial charge on any atom is 0.192 e. The quantitative estimate of drug-likeness (QED) is 0.512. The molecule has 0 saturated carbocycles. The fraction of sp³-hybridized carbons (Fsp3) is 0.111. The zero-order valence-corrected chi connectivity index (χ0v) is 7.76. The molecule has 0 bridgehead atoms. The second-order valence-corrected chi connectivity index (χ2v) is 2.77. The summed E-state index contributed by atoms with van der Waals surface area (Å²) in [6.45, 7) is 1.81. The summed E-state index contributed by atoms with van der Waals surface area (Å²) < 4.78 is 5.30. The molecule has 0 amide bonds. The lowest BCUT2D eigenvalue weighted by Gasteiger charge is -1.88. The lowest BCUT2D eigenvalue weighted by molar-refractivity contribution is 0.561. The summed E-state index contributed by atoms with van der Waals surface area (Å²) in [5.74, 6) is 0.651. The van der Waals surface area contributed by atoms with Gasteiger partial charge in [-0.2, -0.15) is 4.99 Å². The van der Waals surface area contributed by atoms with Crippen LogP contribution in [0, 0.1) is 6.92 Å². The van der Waals surface area contributed by atoms with E-state index >= 15 is 0 Å². The molecule has 0 unspecified atom stereocenters. The summed E-state index contributed by atoms with van der Waals surface area (Å²) in [5.41, 5.74) is 2.31. The SMILES string of the molecule is Cc1nc2cc(N=C=S)ccc2o1. The molecular weight excluding hydrogens is 184 g/mol. The summed E-state index contributed by atoms with van der Waals surface area (Å²) in [5, 5.41) is 2.31. The molecule has 3 nitrogen and oxygen atoms in total. The van der Waals surface area contributed by atoms with Gasteiger partial charge in [0.1, 0.15) is 5.52 Å². The predicted octanol–water partition coefficient (Wildman–Crippen LogP) is 2.87. The fourth-order valence-corrected chi connectivity index (χ4v) is 1.26. The Morgan fingerprint density at radius 2 is 2.38 bits per heavy atom. The van der Waals surface area contributed by atoms with Gasteiger partial charge in [0, 0.05) is 6.92 Å². The van der Waals surface area contributed by atoms with Crippen LogP contribution in [0.15, 0.2) is 27.6 Å². The molecule has 4 heteroatoms. The average Bonchev–Trinajstić information content (AvgIpc) is 2.44. The molecule has 2 rings (SSSR count). The van der Waals surface area contributed by atoms with E-state index in [0.29, 0.717) is 5.89 Å². The number of aromatic nitrogens is 1. The van der Waals surface area contributed by atoms with E-state index in [1.54, 1.807) is 0 Å². The molecule has 0 atom stereocenters. The molecule has 0 aliphatic rings. The fourth-order valence-electron chi connectivity index (χ4n) is 1.15. The van der Waals surface area contributed by atoms with E-state index in [1.165, 1.54) is 0 Å². The van der Waals surface area contributed by atoms with Gasteiger partial charge in [-0.3, -0.25) is 0 Å². The Hall–Kier alpha value is -1.51. The number of thiocarbonyl (C=S) groups is 1. The van der Waals surface area contributed by atoms with E-state index in [-0.39, 0.29) is 0 Å². The molecule has 0 fully saturated rings. The zero-order chi connectivity index (χ0) is 9.26. The van der Waals surface area contributed by atoms with Crippen LogP contribution in [0.5, 0.6) is 0 Å². The molecule has 13 heavy (non-hydrogen) atoms. The summed E-state index contributed by atoms with van der Waals surface area (Å²) in [6.07, 6.45) is 0. The van der Waals surface area contributed by atoms with E-state index in [1.807, 2.05) is 25.1 Å². The highest BCUT2D eigenvalue weighted by molar-refractivity contribution is 7.78. The highest BCUT2D eigenvalue weighted by Crippen LogP contribution is 2.20. The molecule has 1 heterocycles. The molecular formula is C9H6N2OS. The zero-order valence-electron chi connectivity index (χ0n) is 6.94. The van der Waals surface area contributed by atoms with Crippen LogP contribution in [-0.2, 0) is 0 Å². The van der Waals surface area contributed by atoms with Gasteiger partial charge in [0.05, 0.1) is 10.8 Å². The van der Waals surface area contributed by atoms with Crippen LogP contribution in [-0.4, -0.2) is 10.1 Å². The maximum absolute atomic E-state index is 5.30. The minimum Gasteiger partial charge on any atom is -0.441 e. The normalized spacial score (nSPS) is 9.92. The monoisotopic (exact) mass is 190 g/mol. The van der Waals surface area contributed by atoms with Crippen LogP contribution < -0.4 is 0 Å². The van der Waals surface area contributed by atoms with Gasteiger partial charge in [0.25, 0.3) is 0 Å². The predicted molar refractivity (Wildman–Crippen MR) is 53.4 cm³/mol. The number of aliphatic imine (C=N–C) groups is 1. The summed E-state index contributed by atoms with van der Waals surface area (Å²) in [4.78, 5) is 8.02. The number of benzene rings is 1. The van der Waals surface area contributed by atoms with Crippen molar-refractivity contribution in [3.8, 4) is 0 Å². The summed E-state index contributed by atoms with van der Waals surface area (Å²) in [7, 11) is 0. The molecule has 0 aliphatic heterocycles. The number of isothiocyanates is 1. The number of hydrogen-bond donors (Lipinski definition) is 0. The number of oxazole rings is 1. The third-order valence-corrected chi connectivity index (χ3v) is 1.74. The van der Waals surface area contributed by atoms with E-state index in [4.69, 9.17) is 4.42 Å². The molecule has 0 aliphatic carbocycles. The van der Waals surface area contributed by atoms with E-state index in [2.05, 4.69) is 27.4 Å². The highest BCUT2D eigenvalue weighted by Gasteiger charge is 2.01. The first kappa shape index (κ1) is 8.10. The molecule has 64 valence electrons. The van der Waals surface area contributed by atoms with Crippen molar-refractivity contribution >= 4 is 34.2 Å². The van der Waals surface area contributed by atoms with Crippen LogP contribution in [0.2, 0.25) is 0 Å². The molecule has 0 N–H and O–H groups in total. The first-order valence-corrected chi connectivity index (χ1v) is 4.15. The average molecular weight is 190 g/mol.